The van der Waals surface area contributed by atoms with Crippen LogP contribution in [0.2, 0.25) is 0 Å². The Balaban J connectivity index is 1.69. The number of rotatable bonds is 6. The van der Waals surface area contributed by atoms with Crippen molar-refractivity contribution in [1.29, 1.82) is 0 Å². The van der Waals surface area contributed by atoms with Crippen molar-refractivity contribution in [3.05, 3.63) is 107 Å². The van der Waals surface area contributed by atoms with Crippen molar-refractivity contribution >= 4 is 23.1 Å². The molecule has 3 heterocycles. The van der Waals surface area contributed by atoms with E-state index in [1.54, 1.807) is 29.7 Å². The summed E-state index contributed by atoms with van der Waals surface area (Å²) in [6, 6.07) is 21.5. The van der Waals surface area contributed by atoms with Crippen LogP contribution in [0.5, 0.6) is 5.75 Å². The van der Waals surface area contributed by atoms with Gasteiger partial charge in [-0.25, -0.2) is 4.98 Å². The Morgan fingerprint density at radius 3 is 2.43 bits per heavy atom. The average Bonchev–Trinajstić information content (AvgIpc) is 3.33. The highest BCUT2D eigenvalue weighted by Gasteiger charge is 2.46. The van der Waals surface area contributed by atoms with Crippen molar-refractivity contribution in [2.24, 2.45) is 0 Å². The molecule has 0 saturated carbocycles. The number of imidazole rings is 1. The zero-order chi connectivity index (χ0) is 24.5. The molecule has 1 amide bonds. The third-order valence-electron chi connectivity index (χ3n) is 6.17. The van der Waals surface area contributed by atoms with E-state index in [0.29, 0.717) is 35.0 Å². The highest BCUT2D eigenvalue weighted by atomic mass is 16.5. The van der Waals surface area contributed by atoms with Gasteiger partial charge in [-0.1, -0.05) is 48.5 Å². The van der Waals surface area contributed by atoms with Gasteiger partial charge in [0.2, 0.25) is 0 Å². The van der Waals surface area contributed by atoms with Crippen LogP contribution in [0.15, 0.2) is 84.6 Å². The third-order valence-corrected chi connectivity index (χ3v) is 6.17. The molecule has 0 aliphatic carbocycles. The van der Waals surface area contributed by atoms with E-state index in [2.05, 4.69) is 4.98 Å². The number of ether oxygens (including phenoxy) is 1. The van der Waals surface area contributed by atoms with Crippen LogP contribution >= 0.6 is 0 Å². The van der Waals surface area contributed by atoms with Gasteiger partial charge in [0, 0.05) is 12.7 Å². The number of aromatic nitrogens is 2. The van der Waals surface area contributed by atoms with Crippen molar-refractivity contribution in [3.8, 4) is 5.75 Å². The van der Waals surface area contributed by atoms with Crippen molar-refractivity contribution in [2.75, 3.05) is 6.61 Å². The number of aliphatic hydroxyl groups excluding tert-OH is 1. The molecule has 1 fully saturated rings. The number of hydrogen-bond donors (Lipinski definition) is 1. The fourth-order valence-corrected chi connectivity index (χ4v) is 4.61. The van der Waals surface area contributed by atoms with Gasteiger partial charge in [0.25, 0.3) is 11.7 Å². The van der Waals surface area contributed by atoms with E-state index in [0.717, 1.165) is 5.56 Å². The first kappa shape index (κ1) is 22.4. The number of benzene rings is 2. The predicted octanol–water partition coefficient (Wildman–Crippen LogP) is 4.66. The minimum absolute atomic E-state index is 0.0452. The number of fused-ring (bicyclic) bond motifs is 1. The van der Waals surface area contributed by atoms with Gasteiger partial charge in [0.05, 0.1) is 23.9 Å². The molecule has 7 heteroatoms. The summed E-state index contributed by atoms with van der Waals surface area (Å²) >= 11 is 0. The van der Waals surface area contributed by atoms with Gasteiger partial charge in [-0.05, 0) is 49.2 Å². The van der Waals surface area contributed by atoms with E-state index in [9.17, 15) is 14.7 Å². The van der Waals surface area contributed by atoms with Crippen molar-refractivity contribution in [3.63, 3.8) is 0 Å². The van der Waals surface area contributed by atoms with Crippen molar-refractivity contribution in [2.45, 2.75) is 26.4 Å². The molecule has 2 aromatic carbocycles. The second-order valence-corrected chi connectivity index (χ2v) is 8.39. The number of likely N-dealkylation sites (tertiary alicyclic amines) is 1. The van der Waals surface area contributed by atoms with Gasteiger partial charge in [-0.2, -0.15) is 0 Å². The largest absolute Gasteiger partial charge is 0.505 e. The lowest BCUT2D eigenvalue weighted by molar-refractivity contribution is -0.140. The molecule has 1 unspecified atom stereocenters. The monoisotopic (exact) mass is 467 g/mol. The molecular weight excluding hydrogens is 442 g/mol. The lowest BCUT2D eigenvalue weighted by Crippen LogP contribution is -2.29. The number of aliphatic hydroxyl groups is 1. The molecule has 1 saturated heterocycles. The van der Waals surface area contributed by atoms with Gasteiger partial charge >= 0.3 is 0 Å². The van der Waals surface area contributed by atoms with Crippen LogP contribution in [0.1, 0.15) is 35.5 Å². The molecule has 4 aromatic rings. The Morgan fingerprint density at radius 1 is 1.00 bits per heavy atom. The van der Waals surface area contributed by atoms with E-state index in [1.165, 1.54) is 4.90 Å². The predicted molar refractivity (Wildman–Crippen MR) is 132 cm³/mol. The highest BCUT2D eigenvalue weighted by Crippen LogP contribution is 2.41. The second-order valence-electron chi connectivity index (χ2n) is 8.39. The van der Waals surface area contributed by atoms with Gasteiger partial charge in [-0.3, -0.25) is 14.0 Å². The molecule has 1 N–H and O–H groups in total. The number of carbonyl (C=O) groups is 2. The van der Waals surface area contributed by atoms with Gasteiger partial charge in [-0.15, -0.1) is 0 Å². The summed E-state index contributed by atoms with van der Waals surface area (Å²) in [5, 5.41) is 11.5. The molecule has 0 spiro atoms. The Bertz CT molecular complexity index is 1440. The normalized spacial score (nSPS) is 17.3. The Labute approximate surface area is 202 Å². The SMILES string of the molecule is CCOc1ccc(C2/C(=C(\O)c3c(C)nc4ccccn34)C(=O)C(=O)N2Cc2ccccc2)cc1. The summed E-state index contributed by atoms with van der Waals surface area (Å²) in [5.41, 5.74) is 3.24. The lowest BCUT2D eigenvalue weighted by atomic mass is 9.96. The van der Waals surface area contributed by atoms with E-state index in [-0.39, 0.29) is 17.9 Å². The van der Waals surface area contributed by atoms with Gasteiger partial charge in [0.1, 0.15) is 17.1 Å². The zero-order valence-electron chi connectivity index (χ0n) is 19.5. The number of carbonyl (C=O) groups excluding carboxylic acids is 2. The highest BCUT2D eigenvalue weighted by molar-refractivity contribution is 6.46. The minimum Gasteiger partial charge on any atom is -0.505 e. The topological polar surface area (TPSA) is 84.1 Å². The maximum Gasteiger partial charge on any atom is 0.295 e. The van der Waals surface area contributed by atoms with E-state index in [1.807, 2.05) is 67.6 Å². The Hall–Kier alpha value is -4.39. The molecule has 1 aliphatic heterocycles. The summed E-state index contributed by atoms with van der Waals surface area (Å²) in [5.74, 6) is -0.925. The molecule has 7 nitrogen and oxygen atoms in total. The van der Waals surface area contributed by atoms with Crippen LogP contribution in [-0.4, -0.2) is 37.7 Å². The molecule has 1 atom stereocenters. The minimum atomic E-state index is -0.764. The lowest BCUT2D eigenvalue weighted by Gasteiger charge is -2.25. The zero-order valence-corrected chi connectivity index (χ0v) is 19.5. The summed E-state index contributed by atoms with van der Waals surface area (Å²) in [7, 11) is 0. The number of nitrogens with zero attached hydrogens (tertiary/aromatic N) is 3. The molecule has 176 valence electrons. The molecule has 0 radical (unpaired) electrons. The Kier molecular flexibility index (Phi) is 5.82. The average molecular weight is 468 g/mol. The van der Waals surface area contributed by atoms with Crippen molar-refractivity contribution < 1.29 is 19.4 Å². The van der Waals surface area contributed by atoms with Crippen LogP contribution in [0, 0.1) is 6.92 Å². The fraction of sp³-hybridized carbons (Fsp3) is 0.179. The molecule has 35 heavy (non-hydrogen) atoms. The fourth-order valence-electron chi connectivity index (χ4n) is 4.61. The molecular formula is C28H25N3O4. The molecule has 5 rings (SSSR count). The van der Waals surface area contributed by atoms with E-state index in [4.69, 9.17) is 4.74 Å². The second kappa shape index (κ2) is 9.10. The maximum atomic E-state index is 13.4. The van der Waals surface area contributed by atoms with Crippen LogP contribution in [0.3, 0.4) is 0 Å². The number of pyridine rings is 1. The summed E-state index contributed by atoms with van der Waals surface area (Å²) in [4.78, 5) is 32.7. The maximum absolute atomic E-state index is 13.4. The Morgan fingerprint density at radius 2 is 1.71 bits per heavy atom. The first-order valence-corrected chi connectivity index (χ1v) is 11.5. The molecule has 0 bridgehead atoms. The van der Waals surface area contributed by atoms with Crippen molar-refractivity contribution in [1.82, 2.24) is 14.3 Å². The standard InChI is InChI=1S/C28H25N3O4/c1-3-35-21-14-12-20(13-15-21)25-23(26(32)24-18(2)29-22-11-7-8-16-30(22)24)27(33)28(34)31(25)17-19-9-5-4-6-10-19/h4-16,25,32H,3,17H2,1-2H3/b26-23+. The van der Waals surface area contributed by atoms with Crippen LogP contribution < -0.4 is 4.74 Å². The summed E-state index contributed by atoms with van der Waals surface area (Å²) in [6.07, 6.45) is 1.77. The van der Waals surface area contributed by atoms with Crippen LogP contribution in [0.4, 0.5) is 0 Å². The summed E-state index contributed by atoms with van der Waals surface area (Å²) in [6.45, 7) is 4.43. The first-order chi connectivity index (χ1) is 17.0. The number of ketones is 1. The van der Waals surface area contributed by atoms with Gasteiger partial charge < -0.3 is 14.7 Å². The smallest absolute Gasteiger partial charge is 0.295 e. The third kappa shape index (κ3) is 3.95. The van der Waals surface area contributed by atoms with Crippen LogP contribution in [0.25, 0.3) is 11.4 Å². The number of Topliss-reactive ketones (excluding diaryl/α,β-unsaturated/α-hetero) is 1. The van der Waals surface area contributed by atoms with Crippen LogP contribution in [-0.2, 0) is 16.1 Å². The molecule has 1 aliphatic rings. The number of amides is 1. The quantitative estimate of drug-likeness (QED) is 0.253. The first-order valence-electron chi connectivity index (χ1n) is 11.5. The molecule has 2 aromatic heterocycles. The van der Waals surface area contributed by atoms with Gasteiger partial charge in [0.15, 0.2) is 5.76 Å². The summed E-state index contributed by atoms with van der Waals surface area (Å²) < 4.78 is 7.29. The number of hydrogen-bond acceptors (Lipinski definition) is 5. The van der Waals surface area contributed by atoms with E-state index < -0.39 is 17.7 Å². The van der Waals surface area contributed by atoms with E-state index >= 15 is 0 Å². The number of aryl methyl sites for hydroxylation is 1.